The summed E-state index contributed by atoms with van der Waals surface area (Å²) < 4.78 is 0. The summed E-state index contributed by atoms with van der Waals surface area (Å²) in [6.45, 7) is 0. The maximum absolute atomic E-state index is 5.12. The molecule has 0 atom stereocenters. The SMILES string of the molecule is CNC(Cl)Cl.Cl. The predicted octanol–water partition coefficient (Wildman–Crippen LogP) is 1.39. The van der Waals surface area contributed by atoms with Gasteiger partial charge >= 0.3 is 0 Å². The van der Waals surface area contributed by atoms with Crippen LogP contribution in [0.5, 0.6) is 0 Å². The molecule has 0 aliphatic rings. The van der Waals surface area contributed by atoms with Gasteiger partial charge in [0.2, 0.25) is 0 Å². The zero-order chi connectivity index (χ0) is 4.28. The van der Waals surface area contributed by atoms with Crippen molar-refractivity contribution in [2.24, 2.45) is 0 Å². The van der Waals surface area contributed by atoms with Crippen LogP contribution in [0.2, 0.25) is 0 Å². The summed E-state index contributed by atoms with van der Waals surface area (Å²) in [5.74, 6) is 0. The first-order chi connectivity index (χ1) is 2.27. The second-order valence-corrected chi connectivity index (χ2v) is 1.69. The Morgan fingerprint density at radius 1 is 1.50 bits per heavy atom. The van der Waals surface area contributed by atoms with Gasteiger partial charge in [-0.05, 0) is 7.05 Å². The van der Waals surface area contributed by atoms with Gasteiger partial charge in [-0.2, -0.15) is 0 Å². The third-order valence-corrected chi connectivity index (χ3v) is 0.655. The Balaban J connectivity index is 0. The molecule has 0 aromatic heterocycles. The highest BCUT2D eigenvalue weighted by Gasteiger charge is 1.83. The van der Waals surface area contributed by atoms with Crippen molar-refractivity contribution in [1.82, 2.24) is 5.32 Å². The minimum absolute atomic E-state index is 0. The van der Waals surface area contributed by atoms with Gasteiger partial charge in [-0.15, -0.1) is 12.4 Å². The maximum Gasteiger partial charge on any atom is 0.157 e. The normalized spacial score (nSPS) is 8.00. The molecule has 0 radical (unpaired) electrons. The van der Waals surface area contributed by atoms with E-state index in [0.717, 1.165) is 0 Å². The molecule has 40 valence electrons. The standard InChI is InChI=1S/C2H5Cl2N.ClH/c1-5-2(3)4;/h2,5H,1H3;1H. The summed E-state index contributed by atoms with van der Waals surface area (Å²) in [5, 5.41) is 2.56. The second kappa shape index (κ2) is 5.83. The molecular weight excluding hydrogens is 144 g/mol. The van der Waals surface area contributed by atoms with Crippen LogP contribution in [-0.2, 0) is 0 Å². The van der Waals surface area contributed by atoms with Crippen LogP contribution < -0.4 is 5.32 Å². The molecule has 0 aliphatic heterocycles. The Kier molecular flexibility index (Phi) is 9.67. The van der Waals surface area contributed by atoms with E-state index < -0.39 is 4.96 Å². The molecule has 4 heteroatoms. The van der Waals surface area contributed by atoms with Crippen molar-refractivity contribution in [3.63, 3.8) is 0 Å². The summed E-state index contributed by atoms with van der Waals surface area (Å²) >= 11 is 10.2. The van der Waals surface area contributed by atoms with Gasteiger partial charge in [-0.3, -0.25) is 5.32 Å². The van der Waals surface area contributed by atoms with E-state index in [1.165, 1.54) is 0 Å². The van der Waals surface area contributed by atoms with E-state index in [1.807, 2.05) is 0 Å². The largest absolute Gasteiger partial charge is 0.292 e. The summed E-state index contributed by atoms with van der Waals surface area (Å²) in [4.78, 5) is -0.421. The minimum atomic E-state index is -0.421. The highest BCUT2D eigenvalue weighted by molar-refractivity contribution is 6.43. The Labute approximate surface area is 53.4 Å². The molecule has 0 spiro atoms. The molecule has 0 aromatic rings. The Morgan fingerprint density at radius 3 is 1.67 bits per heavy atom. The van der Waals surface area contributed by atoms with Gasteiger partial charge in [0.15, 0.2) is 4.96 Å². The summed E-state index contributed by atoms with van der Waals surface area (Å²) in [7, 11) is 1.69. The third-order valence-electron chi connectivity index (χ3n) is 0.218. The zero-order valence-electron chi connectivity index (χ0n) is 3.24. The second-order valence-electron chi connectivity index (χ2n) is 0.589. The summed E-state index contributed by atoms with van der Waals surface area (Å²) in [6.07, 6.45) is 0. The fourth-order valence-electron chi connectivity index (χ4n) is 0. The van der Waals surface area contributed by atoms with E-state index in [1.54, 1.807) is 7.05 Å². The van der Waals surface area contributed by atoms with Crippen LogP contribution in [-0.4, -0.2) is 12.0 Å². The number of rotatable bonds is 1. The van der Waals surface area contributed by atoms with Crippen molar-refractivity contribution in [3.05, 3.63) is 0 Å². The first-order valence-corrected chi connectivity index (χ1v) is 2.10. The number of hydrogen-bond acceptors (Lipinski definition) is 1. The lowest BCUT2D eigenvalue weighted by atomic mass is 11.2. The predicted molar refractivity (Wildman–Crippen MR) is 31.8 cm³/mol. The van der Waals surface area contributed by atoms with Gasteiger partial charge in [0, 0.05) is 0 Å². The maximum atomic E-state index is 5.12. The molecule has 0 bridgehead atoms. The Hall–Kier alpha value is 0.830. The molecule has 6 heavy (non-hydrogen) atoms. The van der Waals surface area contributed by atoms with E-state index in [4.69, 9.17) is 23.2 Å². The first kappa shape index (κ1) is 9.95. The fraction of sp³-hybridized carbons (Fsp3) is 1.00. The molecule has 1 N–H and O–H groups in total. The van der Waals surface area contributed by atoms with E-state index in [-0.39, 0.29) is 12.4 Å². The van der Waals surface area contributed by atoms with Gasteiger partial charge in [0.1, 0.15) is 0 Å². The lowest BCUT2D eigenvalue weighted by Gasteiger charge is -1.89. The van der Waals surface area contributed by atoms with Crippen LogP contribution >= 0.6 is 35.6 Å². The molecule has 0 aromatic carbocycles. The van der Waals surface area contributed by atoms with Crippen LogP contribution in [0, 0.1) is 0 Å². The molecule has 0 rings (SSSR count). The molecular formula is C2H6Cl3N. The van der Waals surface area contributed by atoms with Gasteiger partial charge < -0.3 is 0 Å². The number of halogens is 3. The van der Waals surface area contributed by atoms with Gasteiger partial charge in [0.05, 0.1) is 0 Å². The lowest BCUT2D eigenvalue weighted by molar-refractivity contribution is 0.918. The molecule has 1 nitrogen and oxygen atoms in total. The van der Waals surface area contributed by atoms with Gasteiger partial charge in [-0.25, -0.2) is 0 Å². The number of hydrogen-bond donors (Lipinski definition) is 1. The van der Waals surface area contributed by atoms with Gasteiger partial charge in [-0.1, -0.05) is 23.2 Å². The summed E-state index contributed by atoms with van der Waals surface area (Å²) in [5.41, 5.74) is 0. The molecule has 0 aliphatic carbocycles. The van der Waals surface area contributed by atoms with Crippen LogP contribution in [0.3, 0.4) is 0 Å². The number of nitrogens with one attached hydrogen (secondary N) is 1. The molecule has 0 amide bonds. The first-order valence-electron chi connectivity index (χ1n) is 1.23. The van der Waals surface area contributed by atoms with Crippen molar-refractivity contribution in [3.8, 4) is 0 Å². The molecule has 0 unspecified atom stereocenters. The average Bonchev–Trinajstić information content (AvgIpc) is 1.38. The molecule has 0 saturated heterocycles. The van der Waals surface area contributed by atoms with E-state index >= 15 is 0 Å². The third kappa shape index (κ3) is 8.85. The van der Waals surface area contributed by atoms with Crippen molar-refractivity contribution in [1.29, 1.82) is 0 Å². The highest BCUT2D eigenvalue weighted by Crippen LogP contribution is 1.91. The van der Waals surface area contributed by atoms with Crippen molar-refractivity contribution >= 4 is 35.6 Å². The zero-order valence-corrected chi connectivity index (χ0v) is 5.57. The van der Waals surface area contributed by atoms with Crippen molar-refractivity contribution in [2.75, 3.05) is 7.05 Å². The summed E-state index contributed by atoms with van der Waals surface area (Å²) in [6, 6.07) is 0. The Bertz CT molecular complexity index is 22.8. The number of alkyl halides is 2. The molecule has 0 fully saturated rings. The Morgan fingerprint density at radius 2 is 1.67 bits per heavy atom. The van der Waals surface area contributed by atoms with Crippen LogP contribution in [0.25, 0.3) is 0 Å². The topological polar surface area (TPSA) is 12.0 Å². The minimum Gasteiger partial charge on any atom is -0.292 e. The smallest absolute Gasteiger partial charge is 0.157 e. The highest BCUT2D eigenvalue weighted by atomic mass is 35.5. The van der Waals surface area contributed by atoms with E-state index in [0.29, 0.717) is 0 Å². The fourth-order valence-corrected chi connectivity index (χ4v) is 0. The van der Waals surface area contributed by atoms with Crippen LogP contribution in [0.15, 0.2) is 0 Å². The monoisotopic (exact) mass is 149 g/mol. The van der Waals surface area contributed by atoms with Crippen LogP contribution in [0.4, 0.5) is 0 Å². The van der Waals surface area contributed by atoms with Crippen molar-refractivity contribution < 1.29 is 0 Å². The average molecular weight is 150 g/mol. The lowest BCUT2D eigenvalue weighted by Crippen LogP contribution is -2.09. The van der Waals surface area contributed by atoms with Crippen molar-refractivity contribution in [2.45, 2.75) is 4.96 Å². The molecule has 0 heterocycles. The van der Waals surface area contributed by atoms with Gasteiger partial charge in [0.25, 0.3) is 0 Å². The molecule has 0 saturated carbocycles. The quantitative estimate of drug-likeness (QED) is 0.440. The van der Waals surface area contributed by atoms with E-state index in [9.17, 15) is 0 Å². The van der Waals surface area contributed by atoms with E-state index in [2.05, 4.69) is 5.32 Å². The van der Waals surface area contributed by atoms with Crippen LogP contribution in [0.1, 0.15) is 0 Å².